The number of furan rings is 2. The highest BCUT2D eigenvalue weighted by atomic mass is 79.9. The summed E-state index contributed by atoms with van der Waals surface area (Å²) in [4.78, 5) is 9.85. The smallest absolute Gasteiger partial charge is 0.144 e. The quantitative estimate of drug-likeness (QED) is 0.165. The molecule has 0 spiro atoms. The molecule has 9 heteroatoms. The molecule has 5 nitrogen and oxygen atoms in total. The lowest BCUT2D eigenvalue weighted by Gasteiger charge is -2.20. The molecule has 6 aromatic carbocycles. The zero-order valence-corrected chi connectivity index (χ0v) is 38.6. The summed E-state index contributed by atoms with van der Waals surface area (Å²) in [6.07, 6.45) is 2.56. The first kappa shape index (κ1) is 41.6. The lowest BCUT2D eigenvalue weighted by molar-refractivity contribution is 0.198. The van der Waals surface area contributed by atoms with E-state index in [0.717, 1.165) is 100 Å². The molecule has 11 rings (SSSR count). The minimum Gasteiger partial charge on any atom is -0.455 e. The van der Waals surface area contributed by atoms with E-state index in [1.54, 1.807) is 19.9 Å². The van der Waals surface area contributed by atoms with Crippen molar-refractivity contribution in [1.29, 1.82) is 0 Å². The molecule has 62 heavy (non-hydrogen) atoms. The molecule has 1 saturated heterocycles. The lowest BCUT2D eigenvalue weighted by atomic mass is 10.0. The van der Waals surface area contributed by atoms with E-state index in [1.807, 2.05) is 49.4 Å². The number of aryl methyl sites for hydroxylation is 4. The van der Waals surface area contributed by atoms with Crippen LogP contribution in [-0.4, -0.2) is 31.3 Å². The molecule has 10 aromatic rings. The van der Waals surface area contributed by atoms with Crippen LogP contribution in [0.3, 0.4) is 0 Å². The van der Waals surface area contributed by atoms with Crippen molar-refractivity contribution >= 4 is 94.9 Å². The summed E-state index contributed by atoms with van der Waals surface area (Å²) in [6.45, 7) is 16.7. The van der Waals surface area contributed by atoms with Gasteiger partial charge in [0, 0.05) is 66.9 Å². The minimum atomic E-state index is -1.61. The van der Waals surface area contributed by atoms with E-state index < -0.39 is 8.07 Å². The van der Waals surface area contributed by atoms with Gasteiger partial charge in [0.05, 0.1) is 30.5 Å². The summed E-state index contributed by atoms with van der Waals surface area (Å²) in [7, 11) is -1.61. The van der Waals surface area contributed by atoms with E-state index in [2.05, 4.69) is 91.0 Å². The van der Waals surface area contributed by atoms with Gasteiger partial charge >= 0.3 is 0 Å². The summed E-state index contributed by atoms with van der Waals surface area (Å²) in [6, 6.07) is 35.6. The van der Waals surface area contributed by atoms with Gasteiger partial charge in [-0.05, 0) is 135 Å². The monoisotopic (exact) mass is 904 g/mol. The number of benzene rings is 6. The predicted molar refractivity (Wildman–Crippen MR) is 259 cm³/mol. The van der Waals surface area contributed by atoms with Gasteiger partial charge in [0.15, 0.2) is 0 Å². The van der Waals surface area contributed by atoms with Crippen molar-refractivity contribution in [3.05, 3.63) is 148 Å². The van der Waals surface area contributed by atoms with Gasteiger partial charge in [-0.2, -0.15) is 0 Å². The van der Waals surface area contributed by atoms with Crippen LogP contribution in [0.15, 0.2) is 123 Å². The first-order valence-electron chi connectivity index (χ1n) is 21.0. The number of fused-ring (bicyclic) bond motifs is 8. The average Bonchev–Trinajstić information content (AvgIpc) is 4.04. The molecule has 1 aliphatic rings. The molecule has 1 fully saturated rings. The van der Waals surface area contributed by atoms with Crippen molar-refractivity contribution in [2.24, 2.45) is 0 Å². The molecule has 4 aromatic heterocycles. The lowest BCUT2D eigenvalue weighted by Crippen LogP contribution is -2.38. The van der Waals surface area contributed by atoms with Crippen LogP contribution in [0.25, 0.3) is 88.2 Å². The Labute approximate surface area is 368 Å². The number of ether oxygens (including phenoxy) is 1. The molecule has 0 saturated carbocycles. The highest BCUT2D eigenvalue weighted by molar-refractivity contribution is 9.10. The van der Waals surface area contributed by atoms with Gasteiger partial charge in [-0.15, -0.1) is 0 Å². The summed E-state index contributed by atoms with van der Waals surface area (Å²) in [5, 5.41) is 7.53. The molecule has 0 amide bonds. The van der Waals surface area contributed by atoms with Gasteiger partial charge in [-0.25, -0.2) is 18.7 Å². The van der Waals surface area contributed by atoms with Crippen LogP contribution in [0.4, 0.5) is 8.78 Å². The van der Waals surface area contributed by atoms with Gasteiger partial charge in [-0.3, -0.25) is 0 Å². The largest absolute Gasteiger partial charge is 0.455 e. The molecule has 0 aliphatic carbocycles. The molecule has 0 N–H and O–H groups in total. The zero-order valence-electron chi connectivity index (χ0n) is 36.0. The predicted octanol–water partition coefficient (Wildman–Crippen LogP) is 15.2. The molecule has 312 valence electrons. The first-order chi connectivity index (χ1) is 29.8. The molecule has 0 atom stereocenters. The fourth-order valence-corrected chi connectivity index (χ4v) is 10.6. The average molecular weight is 906 g/mol. The summed E-state index contributed by atoms with van der Waals surface area (Å²) in [5.41, 5.74) is 11.5. The summed E-state index contributed by atoms with van der Waals surface area (Å²) in [5.74, 6) is -0.504. The highest BCUT2D eigenvalue weighted by Gasteiger charge is 2.24. The SMILES string of the molecule is C1CCOC1.Cc1cc(-c2cc(Br)c3ccccc3n2)c2oc3c(C)c(F)ccc3c2c1.Cc1cc(-c2cc([Si](C)(C)C)c3ccccc3n2)c2oc3c(C)c(F)ccc3c2c1. The van der Waals surface area contributed by atoms with Crippen molar-refractivity contribution in [2.75, 3.05) is 13.2 Å². The first-order valence-corrected chi connectivity index (χ1v) is 25.3. The highest BCUT2D eigenvalue weighted by Crippen LogP contribution is 2.41. The fraction of sp³-hybridized carbons (Fsp3) is 0.208. The van der Waals surface area contributed by atoms with Gasteiger partial charge < -0.3 is 13.6 Å². The van der Waals surface area contributed by atoms with E-state index in [1.165, 1.54) is 35.5 Å². The summed E-state index contributed by atoms with van der Waals surface area (Å²) >= 11 is 3.66. The number of halogens is 3. The number of nitrogens with zero attached hydrogens (tertiary/aromatic N) is 2. The van der Waals surface area contributed by atoms with Gasteiger partial charge in [-0.1, -0.05) is 72.0 Å². The number of para-hydroxylation sites is 2. The number of hydrogen-bond acceptors (Lipinski definition) is 5. The Morgan fingerprint density at radius 3 is 1.47 bits per heavy atom. The number of hydrogen-bond donors (Lipinski definition) is 0. The van der Waals surface area contributed by atoms with E-state index >= 15 is 0 Å². The third kappa shape index (κ3) is 7.71. The second-order valence-electron chi connectivity index (χ2n) is 17.3. The van der Waals surface area contributed by atoms with Crippen LogP contribution < -0.4 is 5.19 Å². The van der Waals surface area contributed by atoms with E-state index in [9.17, 15) is 8.78 Å². The Morgan fingerprint density at radius 1 is 0.516 bits per heavy atom. The number of aromatic nitrogens is 2. The van der Waals surface area contributed by atoms with Crippen LogP contribution in [0.5, 0.6) is 0 Å². The zero-order chi connectivity index (χ0) is 43.4. The third-order valence-electron chi connectivity index (χ3n) is 11.7. The fourth-order valence-electron chi connectivity index (χ4n) is 8.49. The topological polar surface area (TPSA) is 61.3 Å². The second-order valence-corrected chi connectivity index (χ2v) is 23.2. The molecule has 1 aliphatic heterocycles. The van der Waals surface area contributed by atoms with Crippen LogP contribution in [0, 0.1) is 39.3 Å². The second kappa shape index (κ2) is 16.5. The number of pyridine rings is 2. The van der Waals surface area contributed by atoms with Crippen LogP contribution in [0.2, 0.25) is 19.6 Å². The Morgan fingerprint density at radius 2 is 0.984 bits per heavy atom. The van der Waals surface area contributed by atoms with Crippen LogP contribution in [0.1, 0.15) is 35.1 Å². The van der Waals surface area contributed by atoms with E-state index in [0.29, 0.717) is 22.3 Å². The molecule has 0 radical (unpaired) electrons. The summed E-state index contributed by atoms with van der Waals surface area (Å²) < 4.78 is 46.6. The Kier molecular flexibility index (Phi) is 11.1. The molecular weight excluding hydrogens is 859 g/mol. The number of rotatable bonds is 3. The minimum absolute atomic E-state index is 0.246. The third-order valence-corrected chi connectivity index (χ3v) is 14.4. The molecule has 0 bridgehead atoms. The maximum atomic E-state index is 14.2. The van der Waals surface area contributed by atoms with Gasteiger partial charge in [0.2, 0.25) is 0 Å². The van der Waals surface area contributed by atoms with Crippen molar-refractivity contribution in [1.82, 2.24) is 9.97 Å². The van der Waals surface area contributed by atoms with Crippen molar-refractivity contribution in [3.63, 3.8) is 0 Å². The van der Waals surface area contributed by atoms with E-state index in [-0.39, 0.29) is 11.6 Å². The maximum absolute atomic E-state index is 14.2. The normalized spacial score (nSPS) is 13.0. The molecular formula is C53H47BrF2N2O3Si. The van der Waals surface area contributed by atoms with Gasteiger partial charge in [0.25, 0.3) is 0 Å². The van der Waals surface area contributed by atoms with Crippen LogP contribution >= 0.6 is 15.9 Å². The van der Waals surface area contributed by atoms with E-state index in [4.69, 9.17) is 23.5 Å². The Hall–Kier alpha value is -5.74. The van der Waals surface area contributed by atoms with Crippen molar-refractivity contribution in [2.45, 2.75) is 60.2 Å². The Bertz CT molecular complexity index is 3360. The Balaban J connectivity index is 0.000000143. The maximum Gasteiger partial charge on any atom is 0.144 e. The molecule has 0 unspecified atom stereocenters. The van der Waals surface area contributed by atoms with Crippen LogP contribution in [-0.2, 0) is 4.74 Å². The van der Waals surface area contributed by atoms with Crippen molar-refractivity contribution < 1.29 is 22.4 Å². The van der Waals surface area contributed by atoms with Crippen molar-refractivity contribution in [3.8, 4) is 22.5 Å². The standard InChI is InChI=1S/C26H24FNOSi.C23H15BrFNO.C4H8O/c1-15-12-19-17-10-11-21(27)16(2)25(17)29-26(19)20(13-15)23-14-24(30(3,4)5)18-8-6-7-9-22(18)28-23;1-12-9-16-14-7-8-19(25)13(2)22(14)27-23(16)17(10-12)21-11-18(24)15-5-3-4-6-20(15)26-21;1-2-4-5-3-1/h6-14H,1-5H3;3-11H,1-2H3;1-4H2. The van der Waals surface area contributed by atoms with Gasteiger partial charge in [0.1, 0.15) is 34.0 Å². The molecule has 5 heterocycles.